The van der Waals surface area contributed by atoms with E-state index in [1.54, 1.807) is 31.4 Å². The van der Waals surface area contributed by atoms with Gasteiger partial charge in [-0.15, -0.1) is 0 Å². The average Bonchev–Trinajstić information content (AvgIpc) is 3.08. The molecule has 1 saturated carbocycles. The molecule has 3 amide bonds. The van der Waals surface area contributed by atoms with Gasteiger partial charge in [0.05, 0.1) is 30.8 Å². The van der Waals surface area contributed by atoms with Crippen LogP contribution in [0.3, 0.4) is 0 Å². The Morgan fingerprint density at radius 3 is 2.39 bits per heavy atom. The number of benzene rings is 2. The van der Waals surface area contributed by atoms with Crippen LogP contribution in [0.15, 0.2) is 42.5 Å². The first-order valence-electron chi connectivity index (χ1n) is 11.9. The van der Waals surface area contributed by atoms with Crippen LogP contribution in [-0.2, 0) is 11.2 Å². The fraction of sp³-hybridized carbons (Fsp3) is 0.444. The third kappa shape index (κ3) is 3.71. The van der Waals surface area contributed by atoms with E-state index < -0.39 is 0 Å². The normalized spacial score (nSPS) is 24.5. The van der Waals surface area contributed by atoms with Gasteiger partial charge in [-0.1, -0.05) is 38.0 Å². The summed E-state index contributed by atoms with van der Waals surface area (Å²) in [7, 11) is 1.62. The average molecular weight is 447 g/mol. The Morgan fingerprint density at radius 1 is 1.03 bits per heavy atom. The van der Waals surface area contributed by atoms with E-state index in [4.69, 9.17) is 4.74 Å². The molecule has 0 aromatic heterocycles. The summed E-state index contributed by atoms with van der Waals surface area (Å²) in [5.41, 5.74) is 2.97. The highest BCUT2D eigenvalue weighted by Crippen LogP contribution is 2.39. The smallest absolute Gasteiger partial charge is 0.261 e. The Labute approximate surface area is 194 Å². The summed E-state index contributed by atoms with van der Waals surface area (Å²) in [5, 5.41) is 0. The molecule has 0 spiro atoms. The second-order valence-corrected chi connectivity index (χ2v) is 9.50. The zero-order valence-corrected chi connectivity index (χ0v) is 19.3. The molecular formula is C27H30N2O4. The first-order chi connectivity index (χ1) is 16.0. The summed E-state index contributed by atoms with van der Waals surface area (Å²) < 4.78 is 5.47. The number of methoxy groups -OCH3 is 1. The summed E-state index contributed by atoms with van der Waals surface area (Å²) in [6.45, 7) is 2.91. The van der Waals surface area contributed by atoms with Crippen LogP contribution in [0.2, 0.25) is 0 Å². The molecule has 0 N–H and O–H groups in total. The summed E-state index contributed by atoms with van der Waals surface area (Å²) >= 11 is 0. The molecule has 1 aliphatic carbocycles. The molecule has 2 heterocycles. The van der Waals surface area contributed by atoms with Gasteiger partial charge < -0.3 is 9.64 Å². The maximum atomic E-state index is 13.8. The first kappa shape index (κ1) is 21.7. The van der Waals surface area contributed by atoms with E-state index in [1.807, 2.05) is 23.1 Å². The van der Waals surface area contributed by atoms with Crippen LogP contribution in [0.5, 0.6) is 5.75 Å². The van der Waals surface area contributed by atoms with Crippen LogP contribution in [0, 0.1) is 11.8 Å². The largest absolute Gasteiger partial charge is 0.497 e. The monoisotopic (exact) mass is 446 g/mol. The molecule has 2 aromatic rings. The summed E-state index contributed by atoms with van der Waals surface area (Å²) in [4.78, 5) is 43.3. The third-order valence-electron chi connectivity index (χ3n) is 7.66. The maximum absolute atomic E-state index is 13.8. The predicted octanol–water partition coefficient (Wildman–Crippen LogP) is 4.24. The number of hydrogen-bond donors (Lipinski definition) is 0. The van der Waals surface area contributed by atoms with E-state index >= 15 is 0 Å². The Kier molecular flexibility index (Phi) is 5.69. The zero-order valence-electron chi connectivity index (χ0n) is 19.3. The van der Waals surface area contributed by atoms with Crippen molar-refractivity contribution < 1.29 is 19.1 Å². The molecule has 5 rings (SSSR count). The zero-order chi connectivity index (χ0) is 23.1. The van der Waals surface area contributed by atoms with Crippen molar-refractivity contribution in [1.82, 2.24) is 9.80 Å². The highest BCUT2D eigenvalue weighted by atomic mass is 16.5. The lowest BCUT2D eigenvalue weighted by Gasteiger charge is -2.42. The highest BCUT2D eigenvalue weighted by Gasteiger charge is 2.42. The van der Waals surface area contributed by atoms with Gasteiger partial charge in [0.1, 0.15) is 5.75 Å². The van der Waals surface area contributed by atoms with Gasteiger partial charge in [0.15, 0.2) is 0 Å². The van der Waals surface area contributed by atoms with Crippen molar-refractivity contribution in [3.05, 3.63) is 64.7 Å². The SMILES string of the molecule is COc1ccc2c(c1)C(CN1C(=O)c3ccccc3C1=O)N(C(=O)C1CCCCC1C)CC2. The highest BCUT2D eigenvalue weighted by molar-refractivity contribution is 6.21. The van der Waals surface area contributed by atoms with Crippen LogP contribution in [0.4, 0.5) is 0 Å². The van der Waals surface area contributed by atoms with E-state index in [0.717, 1.165) is 36.8 Å². The lowest BCUT2D eigenvalue weighted by molar-refractivity contribution is -0.141. The number of fused-ring (bicyclic) bond motifs is 2. The molecule has 0 radical (unpaired) electrons. The number of imide groups is 1. The number of carbonyl (C=O) groups excluding carboxylic acids is 3. The molecule has 172 valence electrons. The van der Waals surface area contributed by atoms with Gasteiger partial charge in [0.2, 0.25) is 5.91 Å². The minimum atomic E-state index is -0.382. The second kappa shape index (κ2) is 8.65. The Bertz CT molecular complexity index is 1080. The van der Waals surface area contributed by atoms with Crippen molar-refractivity contribution >= 4 is 17.7 Å². The number of rotatable bonds is 4. The Hall–Kier alpha value is -3.15. The van der Waals surface area contributed by atoms with Crippen molar-refractivity contribution in [2.75, 3.05) is 20.2 Å². The molecule has 33 heavy (non-hydrogen) atoms. The molecular weight excluding hydrogens is 416 g/mol. The summed E-state index contributed by atoms with van der Waals surface area (Å²) in [5.74, 6) is 0.625. The number of ether oxygens (including phenoxy) is 1. The lowest BCUT2D eigenvalue weighted by Crippen LogP contribution is -2.49. The fourth-order valence-corrected chi connectivity index (χ4v) is 5.74. The molecule has 6 heteroatoms. The van der Waals surface area contributed by atoms with Crippen LogP contribution in [0.25, 0.3) is 0 Å². The molecule has 2 aromatic carbocycles. The van der Waals surface area contributed by atoms with Gasteiger partial charge in [-0.25, -0.2) is 0 Å². The quantitative estimate of drug-likeness (QED) is 0.659. The van der Waals surface area contributed by atoms with Crippen LogP contribution >= 0.6 is 0 Å². The van der Waals surface area contributed by atoms with Gasteiger partial charge in [0.25, 0.3) is 11.8 Å². The molecule has 0 bridgehead atoms. The topological polar surface area (TPSA) is 66.9 Å². The van der Waals surface area contributed by atoms with Crippen molar-refractivity contribution in [3.8, 4) is 5.75 Å². The standard InChI is InChI=1S/C27H30N2O4/c1-17-7-3-4-8-20(17)25(30)28-14-13-18-11-12-19(33-2)15-23(18)24(28)16-29-26(31)21-9-5-6-10-22(21)27(29)32/h5-6,9-12,15,17,20,24H,3-4,7-8,13-14,16H2,1-2H3. The minimum Gasteiger partial charge on any atom is -0.497 e. The molecule has 2 aliphatic heterocycles. The number of carbonyl (C=O) groups is 3. The second-order valence-electron chi connectivity index (χ2n) is 9.50. The van der Waals surface area contributed by atoms with E-state index in [-0.39, 0.29) is 36.2 Å². The van der Waals surface area contributed by atoms with Gasteiger partial charge in [0, 0.05) is 12.5 Å². The Balaban J connectivity index is 1.51. The maximum Gasteiger partial charge on any atom is 0.261 e. The molecule has 3 aliphatic rings. The summed E-state index contributed by atoms with van der Waals surface area (Å²) in [6, 6.07) is 12.5. The fourth-order valence-electron chi connectivity index (χ4n) is 5.74. The van der Waals surface area contributed by atoms with E-state index in [2.05, 4.69) is 6.92 Å². The van der Waals surface area contributed by atoms with E-state index in [9.17, 15) is 14.4 Å². The van der Waals surface area contributed by atoms with Gasteiger partial charge in [-0.2, -0.15) is 0 Å². The summed E-state index contributed by atoms with van der Waals surface area (Å²) in [6.07, 6.45) is 4.97. The molecule has 0 saturated heterocycles. The van der Waals surface area contributed by atoms with Crippen molar-refractivity contribution in [1.29, 1.82) is 0 Å². The predicted molar refractivity (Wildman–Crippen MR) is 124 cm³/mol. The van der Waals surface area contributed by atoms with Crippen molar-refractivity contribution in [2.45, 2.75) is 45.1 Å². The molecule has 6 nitrogen and oxygen atoms in total. The van der Waals surface area contributed by atoms with Gasteiger partial charge in [-0.05, 0) is 60.6 Å². The minimum absolute atomic E-state index is 0.00409. The molecule has 3 atom stereocenters. The van der Waals surface area contributed by atoms with Crippen molar-refractivity contribution in [3.63, 3.8) is 0 Å². The first-order valence-corrected chi connectivity index (χ1v) is 11.9. The van der Waals surface area contributed by atoms with E-state index in [0.29, 0.717) is 29.3 Å². The lowest BCUT2D eigenvalue weighted by atomic mass is 9.78. The number of nitrogens with zero attached hydrogens (tertiary/aromatic N) is 2. The third-order valence-corrected chi connectivity index (χ3v) is 7.66. The number of hydrogen-bond acceptors (Lipinski definition) is 4. The van der Waals surface area contributed by atoms with Crippen LogP contribution in [-0.4, -0.2) is 47.7 Å². The van der Waals surface area contributed by atoms with Gasteiger partial charge >= 0.3 is 0 Å². The number of amides is 3. The van der Waals surface area contributed by atoms with Crippen LogP contribution in [0.1, 0.15) is 70.5 Å². The molecule has 3 unspecified atom stereocenters. The Morgan fingerprint density at radius 2 is 1.73 bits per heavy atom. The van der Waals surface area contributed by atoms with E-state index in [1.165, 1.54) is 11.3 Å². The van der Waals surface area contributed by atoms with Crippen LogP contribution < -0.4 is 4.74 Å². The molecule has 1 fully saturated rings. The van der Waals surface area contributed by atoms with Gasteiger partial charge in [-0.3, -0.25) is 19.3 Å². The van der Waals surface area contributed by atoms with Crippen molar-refractivity contribution in [2.24, 2.45) is 11.8 Å².